The number of esters is 1. The average molecular weight is 712 g/mol. The van der Waals surface area contributed by atoms with Crippen molar-refractivity contribution in [2.24, 2.45) is 0 Å². The lowest BCUT2D eigenvalue weighted by molar-refractivity contribution is -0.121. The van der Waals surface area contributed by atoms with Gasteiger partial charge in [0.15, 0.2) is 0 Å². The molecule has 4 atom stereocenters. The number of carbonyl (C=O) groups excluding carboxylic acids is 4. The van der Waals surface area contributed by atoms with Crippen LogP contribution < -0.4 is 31.8 Å². The van der Waals surface area contributed by atoms with E-state index >= 15 is 0 Å². The zero-order chi connectivity index (χ0) is 35.8. The van der Waals surface area contributed by atoms with Crippen molar-refractivity contribution in [3.05, 3.63) is 39.7 Å². The molecule has 3 aliphatic heterocycles. The van der Waals surface area contributed by atoms with E-state index in [2.05, 4.69) is 46.9 Å². The molecular formula is C37H53N5O7S. The molecule has 13 heteroatoms. The standard InChI is InChI=1S/C37H53N5O7S/c1-5-48-34(45)26-19-24-18-25-23(2)21-37(3,4)42(28(25)20-29(24)49-35(26)46)17-11-14-32(44)39-16-10-6-9-15-38-31(43)13-8-7-12-30-33-27(22-50-30)40-36(47)41-33/h18-20,23,27,30,33H,5-17,21-22H2,1-4H3,(H,38,43)(H,39,44)(H2,40,41,47). The number of hydrogen-bond donors (Lipinski definition) is 4. The predicted octanol–water partition coefficient (Wildman–Crippen LogP) is 4.97. The normalized spacial score (nSPS) is 22.0. The molecule has 5 rings (SSSR count). The maximum atomic E-state index is 12.6. The van der Waals surface area contributed by atoms with E-state index in [0.29, 0.717) is 55.1 Å². The number of amides is 4. The van der Waals surface area contributed by atoms with Crippen LogP contribution in [-0.2, 0) is 14.3 Å². The summed E-state index contributed by atoms with van der Waals surface area (Å²) in [5.74, 6) is 0.633. The van der Waals surface area contributed by atoms with Gasteiger partial charge in [0.25, 0.3) is 0 Å². The summed E-state index contributed by atoms with van der Waals surface area (Å²) in [5, 5.41) is 13.1. The third-order valence-corrected chi connectivity index (χ3v) is 11.6. The van der Waals surface area contributed by atoms with Gasteiger partial charge in [0, 0.05) is 66.2 Å². The van der Waals surface area contributed by atoms with Gasteiger partial charge in [-0.2, -0.15) is 11.8 Å². The molecule has 2 saturated heterocycles. The van der Waals surface area contributed by atoms with Crippen molar-refractivity contribution in [1.82, 2.24) is 21.3 Å². The third-order valence-electron chi connectivity index (χ3n) is 10.1. The summed E-state index contributed by atoms with van der Waals surface area (Å²) < 4.78 is 10.6. The molecule has 0 radical (unpaired) electrons. The summed E-state index contributed by atoms with van der Waals surface area (Å²) in [6, 6.07) is 5.84. The van der Waals surface area contributed by atoms with E-state index in [9.17, 15) is 24.0 Å². The van der Waals surface area contributed by atoms with Gasteiger partial charge in [0.1, 0.15) is 11.1 Å². The van der Waals surface area contributed by atoms with Crippen LogP contribution in [0.5, 0.6) is 0 Å². The Morgan fingerprint density at radius 2 is 1.70 bits per heavy atom. The Morgan fingerprint density at radius 3 is 2.42 bits per heavy atom. The van der Waals surface area contributed by atoms with Gasteiger partial charge in [-0.15, -0.1) is 0 Å². The number of ether oxygens (including phenoxy) is 1. The lowest BCUT2D eigenvalue weighted by atomic mass is 9.79. The van der Waals surface area contributed by atoms with Crippen LogP contribution in [0.15, 0.2) is 27.4 Å². The lowest BCUT2D eigenvalue weighted by Crippen LogP contribution is -2.49. The molecule has 1 aromatic heterocycles. The van der Waals surface area contributed by atoms with Crippen LogP contribution in [0.25, 0.3) is 11.0 Å². The smallest absolute Gasteiger partial charge is 0.351 e. The maximum Gasteiger partial charge on any atom is 0.351 e. The van der Waals surface area contributed by atoms with Crippen LogP contribution in [0.1, 0.15) is 114 Å². The molecule has 2 aromatic rings. The van der Waals surface area contributed by atoms with E-state index in [0.717, 1.165) is 61.9 Å². The summed E-state index contributed by atoms with van der Waals surface area (Å²) in [6.45, 7) is 10.4. The first-order chi connectivity index (χ1) is 24.0. The number of nitrogens with zero attached hydrogens (tertiary/aromatic N) is 1. The fraction of sp³-hybridized carbons (Fsp3) is 0.649. The second kappa shape index (κ2) is 17.0. The van der Waals surface area contributed by atoms with Gasteiger partial charge in [0.05, 0.1) is 18.7 Å². The first-order valence-electron chi connectivity index (χ1n) is 18.3. The van der Waals surface area contributed by atoms with Gasteiger partial charge in [-0.25, -0.2) is 14.4 Å². The molecule has 4 amide bonds. The quantitative estimate of drug-likeness (QED) is 0.0770. The highest BCUT2D eigenvalue weighted by Crippen LogP contribution is 2.45. The van der Waals surface area contributed by atoms with Gasteiger partial charge < -0.3 is 35.3 Å². The molecular weight excluding hydrogens is 659 g/mol. The van der Waals surface area contributed by atoms with Crippen molar-refractivity contribution in [1.29, 1.82) is 0 Å². The largest absolute Gasteiger partial charge is 0.462 e. The topological polar surface area (TPSA) is 159 Å². The van der Waals surface area contributed by atoms with Crippen LogP contribution in [0.2, 0.25) is 0 Å². The molecule has 0 saturated carbocycles. The highest BCUT2D eigenvalue weighted by molar-refractivity contribution is 8.00. The van der Waals surface area contributed by atoms with Crippen LogP contribution in [0, 0.1) is 0 Å². The number of hydrogen-bond acceptors (Lipinski definition) is 9. The number of anilines is 1. The molecule has 2 fully saturated rings. The van der Waals surface area contributed by atoms with Crippen LogP contribution in [-0.4, -0.2) is 78.7 Å². The van der Waals surface area contributed by atoms with E-state index in [-0.39, 0.29) is 53.6 Å². The summed E-state index contributed by atoms with van der Waals surface area (Å²) in [4.78, 5) is 63.6. The average Bonchev–Trinajstić information content (AvgIpc) is 3.62. The number of fused-ring (bicyclic) bond motifs is 3. The van der Waals surface area contributed by atoms with Crippen LogP contribution in [0.4, 0.5) is 10.5 Å². The van der Waals surface area contributed by atoms with Crippen molar-refractivity contribution < 1.29 is 28.3 Å². The molecule has 0 spiro atoms. The van der Waals surface area contributed by atoms with Gasteiger partial charge in [-0.1, -0.05) is 13.3 Å². The van der Waals surface area contributed by atoms with E-state index in [1.54, 1.807) is 13.0 Å². The Balaban J connectivity index is 0.974. The highest BCUT2D eigenvalue weighted by atomic mass is 32.2. The first kappa shape index (κ1) is 37.5. The molecule has 50 heavy (non-hydrogen) atoms. The van der Waals surface area contributed by atoms with Crippen molar-refractivity contribution in [2.75, 3.05) is 36.9 Å². The predicted molar refractivity (Wildman–Crippen MR) is 196 cm³/mol. The summed E-state index contributed by atoms with van der Waals surface area (Å²) in [6.07, 6.45) is 8.01. The van der Waals surface area contributed by atoms with E-state index in [1.807, 2.05) is 23.9 Å². The number of thioether (sulfide) groups is 1. The summed E-state index contributed by atoms with van der Waals surface area (Å²) in [7, 11) is 0. The Morgan fingerprint density at radius 1 is 0.980 bits per heavy atom. The Bertz CT molecular complexity index is 1610. The maximum absolute atomic E-state index is 12.6. The minimum Gasteiger partial charge on any atom is -0.462 e. The molecule has 274 valence electrons. The zero-order valence-electron chi connectivity index (χ0n) is 29.9. The van der Waals surface area contributed by atoms with Crippen molar-refractivity contribution in [2.45, 2.75) is 121 Å². The highest BCUT2D eigenvalue weighted by Gasteiger charge is 2.42. The van der Waals surface area contributed by atoms with Gasteiger partial charge in [-0.3, -0.25) is 9.59 Å². The summed E-state index contributed by atoms with van der Waals surface area (Å²) >= 11 is 1.90. The van der Waals surface area contributed by atoms with Crippen molar-refractivity contribution >= 4 is 52.2 Å². The number of urea groups is 1. The van der Waals surface area contributed by atoms with E-state index in [1.165, 1.54) is 0 Å². The van der Waals surface area contributed by atoms with E-state index < -0.39 is 11.6 Å². The van der Waals surface area contributed by atoms with Crippen LogP contribution >= 0.6 is 11.8 Å². The lowest BCUT2D eigenvalue weighted by Gasteiger charge is -2.47. The summed E-state index contributed by atoms with van der Waals surface area (Å²) in [5.41, 5.74) is 1.54. The molecule has 4 heterocycles. The SMILES string of the molecule is CCOC(=O)c1cc2cc3c(cc2oc1=O)N(CCCC(=O)NCCCCCNC(=O)CCCCC1SCC2NC(=O)NC21)C(C)(C)CC3C. The van der Waals surface area contributed by atoms with Gasteiger partial charge in [0.2, 0.25) is 11.8 Å². The second-order valence-electron chi connectivity index (χ2n) is 14.4. The Kier molecular flexibility index (Phi) is 12.7. The number of unbranched alkanes of at least 4 members (excludes halogenated alkanes) is 3. The zero-order valence-corrected chi connectivity index (χ0v) is 30.7. The number of nitrogens with one attached hydrogen (secondary N) is 4. The minimum absolute atomic E-state index is 0.0239. The third kappa shape index (κ3) is 9.32. The first-order valence-corrected chi connectivity index (χ1v) is 19.3. The molecule has 4 unspecified atom stereocenters. The fourth-order valence-electron chi connectivity index (χ4n) is 7.60. The van der Waals surface area contributed by atoms with E-state index in [4.69, 9.17) is 9.15 Å². The number of benzene rings is 1. The molecule has 1 aromatic carbocycles. The molecule has 12 nitrogen and oxygen atoms in total. The number of rotatable bonds is 17. The monoisotopic (exact) mass is 711 g/mol. The molecule has 0 aliphatic carbocycles. The van der Waals surface area contributed by atoms with Crippen molar-refractivity contribution in [3.8, 4) is 0 Å². The Labute approximate surface area is 298 Å². The fourth-order valence-corrected chi connectivity index (χ4v) is 9.15. The van der Waals surface area contributed by atoms with Gasteiger partial charge >= 0.3 is 17.6 Å². The van der Waals surface area contributed by atoms with Gasteiger partial charge in [-0.05, 0) is 89.3 Å². The number of carbonyl (C=O) groups is 4. The minimum atomic E-state index is -0.716. The Hall–Kier alpha value is -3.74. The molecule has 4 N–H and O–H groups in total. The molecule has 0 bridgehead atoms. The molecule has 3 aliphatic rings. The second-order valence-corrected chi connectivity index (χ2v) is 15.7. The van der Waals surface area contributed by atoms with Crippen molar-refractivity contribution in [3.63, 3.8) is 0 Å². The van der Waals surface area contributed by atoms with Crippen LogP contribution in [0.3, 0.4) is 0 Å².